The van der Waals surface area contributed by atoms with Crippen LogP contribution in [0.4, 0.5) is 0 Å². The highest BCUT2D eigenvalue weighted by Gasteiger charge is 2.26. The Balaban J connectivity index is 4.21. The van der Waals surface area contributed by atoms with E-state index < -0.39 is 39.2 Å². The Kier molecular flexibility index (Phi) is 36.9. The summed E-state index contributed by atoms with van der Waals surface area (Å²) >= 11 is 0. The van der Waals surface area contributed by atoms with Crippen molar-refractivity contribution in [3.63, 3.8) is 0 Å². The van der Waals surface area contributed by atoms with Crippen LogP contribution < -0.4 is 0 Å². The van der Waals surface area contributed by atoms with E-state index in [1.54, 1.807) is 0 Å². The fourth-order valence-corrected chi connectivity index (χ4v) is 6.25. The van der Waals surface area contributed by atoms with Gasteiger partial charge in [0.2, 0.25) is 0 Å². The number of phosphoric acid groups is 1. The molecule has 0 saturated heterocycles. The maximum atomic E-state index is 12.6. The van der Waals surface area contributed by atoms with Crippen molar-refractivity contribution in [2.75, 3.05) is 33.0 Å². The number of aliphatic hydroxyl groups excluding tert-OH is 2. The van der Waals surface area contributed by atoms with Gasteiger partial charge in [0.1, 0.15) is 12.2 Å². The smallest absolute Gasteiger partial charge is 0.457 e. The Morgan fingerprint density at radius 3 is 1.52 bits per heavy atom. The van der Waals surface area contributed by atoms with Crippen molar-refractivity contribution in [2.24, 2.45) is 0 Å². The molecule has 0 radical (unpaired) electrons. The summed E-state index contributed by atoms with van der Waals surface area (Å²) in [5.74, 6) is -0.394. The van der Waals surface area contributed by atoms with Gasteiger partial charge in [0.15, 0.2) is 0 Å². The average molecular weight is 733 g/mol. The van der Waals surface area contributed by atoms with Crippen LogP contribution in [0.25, 0.3) is 0 Å². The number of allylic oxidation sites excluding steroid dienone is 4. The van der Waals surface area contributed by atoms with E-state index in [1.807, 2.05) is 0 Å². The zero-order chi connectivity index (χ0) is 36.8. The quantitative estimate of drug-likeness (QED) is 0.0244. The van der Waals surface area contributed by atoms with Crippen LogP contribution >= 0.6 is 7.82 Å². The van der Waals surface area contributed by atoms with Crippen molar-refractivity contribution >= 4 is 13.8 Å². The molecule has 0 aliphatic carbocycles. The Morgan fingerprint density at radius 2 is 1.02 bits per heavy atom. The van der Waals surface area contributed by atoms with Crippen molar-refractivity contribution in [1.29, 1.82) is 0 Å². The lowest BCUT2D eigenvalue weighted by Gasteiger charge is -2.20. The third-order valence-corrected chi connectivity index (χ3v) is 9.56. The van der Waals surface area contributed by atoms with Crippen molar-refractivity contribution in [3.8, 4) is 0 Å². The Bertz CT molecular complexity index is 836. The molecule has 0 aromatic heterocycles. The predicted molar refractivity (Wildman–Crippen MR) is 205 cm³/mol. The van der Waals surface area contributed by atoms with Crippen molar-refractivity contribution in [2.45, 2.75) is 193 Å². The maximum absolute atomic E-state index is 12.6. The van der Waals surface area contributed by atoms with Crippen LogP contribution in [0.1, 0.15) is 181 Å². The summed E-state index contributed by atoms with van der Waals surface area (Å²) in [5.41, 5.74) is 0. The fourth-order valence-electron chi connectivity index (χ4n) is 5.46. The number of hydrogen-bond acceptors (Lipinski definition) is 8. The van der Waals surface area contributed by atoms with Gasteiger partial charge >= 0.3 is 13.8 Å². The minimum atomic E-state index is -4.51. The lowest BCUT2D eigenvalue weighted by molar-refractivity contribution is -0.154. The van der Waals surface area contributed by atoms with Crippen LogP contribution in [0.15, 0.2) is 24.3 Å². The van der Waals surface area contributed by atoms with Gasteiger partial charge in [-0.3, -0.25) is 13.8 Å². The van der Waals surface area contributed by atoms with E-state index in [9.17, 15) is 19.4 Å². The molecule has 0 heterocycles. The summed E-state index contributed by atoms with van der Waals surface area (Å²) in [4.78, 5) is 22.5. The molecule has 0 aliphatic heterocycles. The summed E-state index contributed by atoms with van der Waals surface area (Å²) in [6.07, 6.45) is 37.0. The van der Waals surface area contributed by atoms with Crippen molar-refractivity contribution < 1.29 is 43.0 Å². The second-order valence-corrected chi connectivity index (χ2v) is 15.1. The number of carbonyl (C=O) groups excluding carboxylic acids is 1. The Hall–Kier alpha value is -1.06. The van der Waals surface area contributed by atoms with E-state index >= 15 is 0 Å². The Labute approximate surface area is 306 Å². The lowest BCUT2D eigenvalue weighted by Crippen LogP contribution is -2.29. The topological polar surface area (TPSA) is 132 Å². The summed E-state index contributed by atoms with van der Waals surface area (Å²) in [7, 11) is -4.51. The predicted octanol–water partition coefficient (Wildman–Crippen LogP) is 10.7. The van der Waals surface area contributed by atoms with E-state index in [0.717, 1.165) is 64.2 Å². The number of unbranched alkanes of at least 4 members (excludes halogenated alkanes) is 21. The molecular formula is C40H77O9P. The summed E-state index contributed by atoms with van der Waals surface area (Å²) in [6, 6.07) is 0. The molecule has 0 aromatic rings. The number of rotatable bonds is 39. The van der Waals surface area contributed by atoms with Crippen LogP contribution in [-0.4, -0.2) is 66.3 Å². The number of carbonyl (C=O) groups is 1. The molecule has 3 atom stereocenters. The number of ether oxygens (including phenoxy) is 2. The highest BCUT2D eigenvalue weighted by atomic mass is 31.2. The second kappa shape index (κ2) is 37.7. The molecule has 0 spiro atoms. The van der Waals surface area contributed by atoms with Gasteiger partial charge in [0.25, 0.3) is 0 Å². The molecule has 9 nitrogen and oxygen atoms in total. The van der Waals surface area contributed by atoms with E-state index in [4.69, 9.17) is 23.6 Å². The molecular weight excluding hydrogens is 655 g/mol. The van der Waals surface area contributed by atoms with Gasteiger partial charge in [-0.15, -0.1) is 0 Å². The molecule has 0 amide bonds. The van der Waals surface area contributed by atoms with E-state index in [0.29, 0.717) is 6.61 Å². The van der Waals surface area contributed by atoms with E-state index in [2.05, 4.69) is 38.2 Å². The van der Waals surface area contributed by atoms with Crippen LogP contribution in [0.5, 0.6) is 0 Å². The van der Waals surface area contributed by atoms with Gasteiger partial charge in [-0.05, 0) is 64.2 Å². The van der Waals surface area contributed by atoms with E-state index in [-0.39, 0.29) is 19.6 Å². The highest BCUT2D eigenvalue weighted by molar-refractivity contribution is 7.47. The van der Waals surface area contributed by atoms with E-state index in [1.165, 1.54) is 96.3 Å². The summed E-state index contributed by atoms with van der Waals surface area (Å²) < 4.78 is 33.3. The third kappa shape index (κ3) is 36.7. The van der Waals surface area contributed by atoms with Crippen LogP contribution in [0, 0.1) is 0 Å². The lowest BCUT2D eigenvalue weighted by atomic mass is 10.1. The standard InChI is InChI=1S/C40H77O9P/c1-3-5-7-9-11-13-15-17-18-19-21-23-25-27-29-31-33-46-36-39(37-48-50(44,45)47-35-38(42)34-41)49-40(43)32-30-28-26-24-22-20-16-14-12-10-8-6-4-2/h14,16-18,38-39,41-42H,3-13,15,19-37H2,1-2H3,(H,44,45)/b16-14-,18-17-. The molecule has 10 heteroatoms. The van der Waals surface area contributed by atoms with Gasteiger partial charge in [-0.1, -0.05) is 134 Å². The Morgan fingerprint density at radius 1 is 0.600 bits per heavy atom. The van der Waals surface area contributed by atoms with Gasteiger partial charge in [0, 0.05) is 13.0 Å². The minimum absolute atomic E-state index is 0.0439. The molecule has 0 rings (SSSR count). The maximum Gasteiger partial charge on any atom is 0.472 e. The molecule has 50 heavy (non-hydrogen) atoms. The van der Waals surface area contributed by atoms with Gasteiger partial charge in [-0.25, -0.2) is 4.57 Å². The van der Waals surface area contributed by atoms with Crippen molar-refractivity contribution in [1.82, 2.24) is 0 Å². The zero-order valence-electron chi connectivity index (χ0n) is 32.1. The first-order valence-corrected chi connectivity index (χ1v) is 21.8. The molecule has 0 saturated carbocycles. The number of phosphoric ester groups is 1. The number of esters is 1. The number of aliphatic hydroxyl groups is 2. The monoisotopic (exact) mass is 733 g/mol. The summed E-state index contributed by atoms with van der Waals surface area (Å²) in [5, 5.41) is 18.3. The largest absolute Gasteiger partial charge is 0.472 e. The van der Waals surface area contributed by atoms with Gasteiger partial charge in [0.05, 0.1) is 26.4 Å². The normalized spacial score (nSPS) is 14.4. The second-order valence-electron chi connectivity index (χ2n) is 13.6. The number of hydrogen-bond donors (Lipinski definition) is 3. The minimum Gasteiger partial charge on any atom is -0.457 e. The summed E-state index contributed by atoms with van der Waals surface area (Å²) in [6.45, 7) is 3.48. The van der Waals surface area contributed by atoms with Gasteiger partial charge < -0.3 is 24.6 Å². The average Bonchev–Trinajstić information content (AvgIpc) is 3.10. The first-order valence-electron chi connectivity index (χ1n) is 20.3. The van der Waals surface area contributed by atoms with Gasteiger partial charge in [-0.2, -0.15) is 0 Å². The first-order chi connectivity index (χ1) is 24.3. The zero-order valence-corrected chi connectivity index (χ0v) is 33.0. The molecule has 3 unspecified atom stereocenters. The van der Waals surface area contributed by atoms with Crippen molar-refractivity contribution in [3.05, 3.63) is 24.3 Å². The van der Waals surface area contributed by atoms with Crippen LogP contribution in [0.3, 0.4) is 0 Å². The SMILES string of the molecule is CCCCCC/C=C\CCCCCCCC(=O)OC(COCCCCCCCC/C=C\CCCCCCCC)COP(=O)(O)OCC(O)CO. The highest BCUT2D eigenvalue weighted by Crippen LogP contribution is 2.43. The molecule has 0 bridgehead atoms. The molecule has 0 fully saturated rings. The fraction of sp³-hybridized carbons (Fsp3) is 0.875. The third-order valence-electron chi connectivity index (χ3n) is 8.61. The molecule has 296 valence electrons. The molecule has 0 aromatic carbocycles. The molecule has 0 aliphatic rings. The first kappa shape index (κ1) is 48.9. The molecule has 3 N–H and O–H groups in total. The van der Waals surface area contributed by atoms with Crippen LogP contribution in [-0.2, 0) is 27.9 Å². The van der Waals surface area contributed by atoms with Crippen LogP contribution in [0.2, 0.25) is 0 Å².